The van der Waals surface area contributed by atoms with Crippen LogP contribution in [0.1, 0.15) is 25.1 Å². The van der Waals surface area contributed by atoms with Crippen LogP contribution in [0.4, 0.5) is 0 Å². The van der Waals surface area contributed by atoms with E-state index in [4.69, 9.17) is 0 Å². The van der Waals surface area contributed by atoms with E-state index in [0.717, 1.165) is 13.1 Å². The monoisotopic (exact) mass is 164 g/mol. The molecular weight excluding hydrogens is 148 g/mol. The molecule has 0 spiro atoms. The lowest BCUT2D eigenvalue weighted by atomic mass is 10.2. The minimum absolute atomic E-state index is 1.01. The Kier molecular flexibility index (Phi) is 3.23. The second kappa shape index (κ2) is 4.21. The van der Waals surface area contributed by atoms with E-state index in [1.165, 1.54) is 11.3 Å². The Balaban J connectivity index is 0.000000336. The third-order valence-electron chi connectivity index (χ3n) is 1.84. The van der Waals surface area contributed by atoms with Gasteiger partial charge in [0.05, 0.1) is 5.69 Å². The predicted octanol–water partition coefficient (Wildman–Crippen LogP) is 2.05. The van der Waals surface area contributed by atoms with Crippen LogP contribution in [0.2, 0.25) is 0 Å². The molecule has 2 nitrogen and oxygen atoms in total. The molecule has 66 valence electrons. The summed E-state index contributed by atoms with van der Waals surface area (Å²) < 4.78 is 0. The molecule has 0 atom stereocenters. The lowest BCUT2D eigenvalue weighted by molar-refractivity contribution is 0.351. The van der Waals surface area contributed by atoms with Gasteiger partial charge in [-0.05, 0) is 18.7 Å². The summed E-state index contributed by atoms with van der Waals surface area (Å²) in [5.41, 5.74) is 2.62. The first-order valence-electron chi connectivity index (χ1n) is 4.47. The van der Waals surface area contributed by atoms with E-state index in [1.54, 1.807) is 0 Å². The summed E-state index contributed by atoms with van der Waals surface area (Å²) in [7, 11) is 2.11. The van der Waals surface area contributed by atoms with Crippen LogP contribution in [0.15, 0.2) is 18.3 Å². The number of nitrogens with zero attached hydrogens (tertiary/aromatic N) is 2. The van der Waals surface area contributed by atoms with Crippen molar-refractivity contribution in [2.24, 2.45) is 0 Å². The molecule has 12 heavy (non-hydrogen) atoms. The van der Waals surface area contributed by atoms with Crippen molar-refractivity contribution in [3.05, 3.63) is 29.6 Å². The fourth-order valence-corrected chi connectivity index (χ4v) is 1.36. The topological polar surface area (TPSA) is 16.1 Å². The van der Waals surface area contributed by atoms with Gasteiger partial charge in [-0.2, -0.15) is 0 Å². The van der Waals surface area contributed by atoms with Gasteiger partial charge in [0.15, 0.2) is 0 Å². The van der Waals surface area contributed by atoms with Crippen LogP contribution in [-0.4, -0.2) is 16.9 Å². The first-order valence-corrected chi connectivity index (χ1v) is 4.47. The Morgan fingerprint density at radius 1 is 1.33 bits per heavy atom. The van der Waals surface area contributed by atoms with Crippen molar-refractivity contribution < 1.29 is 0 Å². The van der Waals surface area contributed by atoms with Crippen molar-refractivity contribution in [2.45, 2.75) is 26.9 Å². The number of fused-ring (bicyclic) bond motifs is 1. The van der Waals surface area contributed by atoms with Gasteiger partial charge in [0.2, 0.25) is 0 Å². The van der Waals surface area contributed by atoms with Gasteiger partial charge in [0.25, 0.3) is 0 Å². The van der Waals surface area contributed by atoms with E-state index in [2.05, 4.69) is 23.0 Å². The van der Waals surface area contributed by atoms with Gasteiger partial charge in [0, 0.05) is 19.3 Å². The van der Waals surface area contributed by atoms with Crippen LogP contribution in [0.5, 0.6) is 0 Å². The summed E-state index contributed by atoms with van der Waals surface area (Å²) in [5.74, 6) is 0. The van der Waals surface area contributed by atoms with Gasteiger partial charge in [0.1, 0.15) is 0 Å². The highest BCUT2D eigenvalue weighted by molar-refractivity contribution is 5.22. The molecule has 0 bridgehead atoms. The summed E-state index contributed by atoms with van der Waals surface area (Å²) in [4.78, 5) is 6.53. The summed E-state index contributed by atoms with van der Waals surface area (Å²) >= 11 is 0. The van der Waals surface area contributed by atoms with Crippen LogP contribution in [0.25, 0.3) is 0 Å². The standard InChI is InChI=1S/C8H10N2.C2H6/c1-10-5-7-3-2-4-9-8(7)6-10;1-2/h2-4H,5-6H2,1H3;1-2H3. The molecule has 0 aromatic carbocycles. The van der Waals surface area contributed by atoms with E-state index >= 15 is 0 Å². The number of hydrogen-bond donors (Lipinski definition) is 0. The smallest absolute Gasteiger partial charge is 0.0588 e. The number of hydrogen-bond acceptors (Lipinski definition) is 2. The molecule has 2 heteroatoms. The first-order chi connectivity index (χ1) is 5.86. The Bertz CT molecular complexity index is 220. The second-order valence-electron chi connectivity index (χ2n) is 2.78. The molecule has 0 fully saturated rings. The summed E-state index contributed by atoms with van der Waals surface area (Å²) in [6.45, 7) is 6.07. The van der Waals surface area contributed by atoms with Crippen LogP contribution in [0, 0.1) is 0 Å². The maximum absolute atomic E-state index is 4.27. The highest BCUT2D eigenvalue weighted by Crippen LogP contribution is 2.17. The SMILES string of the molecule is CC.CN1Cc2cccnc2C1. The molecule has 1 aliphatic heterocycles. The minimum Gasteiger partial charge on any atom is -0.296 e. The molecule has 2 heterocycles. The largest absolute Gasteiger partial charge is 0.296 e. The molecule has 0 N–H and O–H groups in total. The van der Waals surface area contributed by atoms with Crippen molar-refractivity contribution >= 4 is 0 Å². The fourth-order valence-electron chi connectivity index (χ4n) is 1.36. The Hall–Kier alpha value is -0.890. The van der Waals surface area contributed by atoms with E-state index in [9.17, 15) is 0 Å². The molecule has 1 aliphatic rings. The summed E-state index contributed by atoms with van der Waals surface area (Å²) in [6.07, 6.45) is 1.86. The normalized spacial score (nSPS) is 14.9. The van der Waals surface area contributed by atoms with Crippen LogP contribution in [0.3, 0.4) is 0 Å². The number of pyridine rings is 1. The minimum atomic E-state index is 1.01. The van der Waals surface area contributed by atoms with Gasteiger partial charge >= 0.3 is 0 Å². The van der Waals surface area contributed by atoms with Crippen LogP contribution in [-0.2, 0) is 13.1 Å². The molecular formula is C10H16N2. The lowest BCUT2D eigenvalue weighted by Crippen LogP contribution is -2.07. The van der Waals surface area contributed by atoms with Crippen molar-refractivity contribution in [1.82, 2.24) is 9.88 Å². The maximum Gasteiger partial charge on any atom is 0.0588 e. The molecule has 0 radical (unpaired) electrons. The Morgan fingerprint density at radius 3 is 2.75 bits per heavy atom. The summed E-state index contributed by atoms with van der Waals surface area (Å²) in [6, 6.07) is 4.14. The van der Waals surface area contributed by atoms with Gasteiger partial charge in [-0.25, -0.2) is 0 Å². The average Bonchev–Trinajstić information content (AvgIpc) is 2.48. The molecule has 0 unspecified atom stereocenters. The van der Waals surface area contributed by atoms with Gasteiger partial charge < -0.3 is 0 Å². The van der Waals surface area contributed by atoms with Crippen molar-refractivity contribution in [1.29, 1.82) is 0 Å². The van der Waals surface area contributed by atoms with Crippen LogP contribution >= 0.6 is 0 Å². The molecule has 1 aromatic heterocycles. The van der Waals surface area contributed by atoms with E-state index in [0.29, 0.717) is 0 Å². The molecule has 0 saturated heterocycles. The van der Waals surface area contributed by atoms with E-state index in [-0.39, 0.29) is 0 Å². The Morgan fingerprint density at radius 2 is 2.08 bits per heavy atom. The van der Waals surface area contributed by atoms with Crippen molar-refractivity contribution in [3.8, 4) is 0 Å². The third kappa shape index (κ3) is 1.83. The number of rotatable bonds is 0. The van der Waals surface area contributed by atoms with E-state index in [1.807, 2.05) is 26.1 Å². The molecule has 2 rings (SSSR count). The van der Waals surface area contributed by atoms with Gasteiger partial charge in [-0.3, -0.25) is 9.88 Å². The molecule has 0 amide bonds. The van der Waals surface area contributed by atoms with Crippen LogP contribution < -0.4 is 0 Å². The quantitative estimate of drug-likeness (QED) is 0.583. The van der Waals surface area contributed by atoms with E-state index < -0.39 is 0 Å². The first kappa shape index (κ1) is 9.20. The highest BCUT2D eigenvalue weighted by atomic mass is 15.1. The summed E-state index contributed by atoms with van der Waals surface area (Å²) in [5, 5.41) is 0. The zero-order valence-electron chi connectivity index (χ0n) is 8.04. The second-order valence-corrected chi connectivity index (χ2v) is 2.78. The molecule has 0 aliphatic carbocycles. The average molecular weight is 164 g/mol. The highest BCUT2D eigenvalue weighted by Gasteiger charge is 2.14. The maximum atomic E-state index is 4.27. The molecule has 0 saturated carbocycles. The Labute approximate surface area is 74.2 Å². The fraction of sp³-hybridized carbons (Fsp3) is 0.500. The van der Waals surface area contributed by atoms with Crippen molar-refractivity contribution in [3.63, 3.8) is 0 Å². The zero-order valence-corrected chi connectivity index (χ0v) is 8.04. The van der Waals surface area contributed by atoms with Gasteiger partial charge in [-0.15, -0.1) is 0 Å². The van der Waals surface area contributed by atoms with Crippen molar-refractivity contribution in [2.75, 3.05) is 7.05 Å². The van der Waals surface area contributed by atoms with Gasteiger partial charge in [-0.1, -0.05) is 19.9 Å². The zero-order chi connectivity index (χ0) is 8.97. The third-order valence-corrected chi connectivity index (χ3v) is 1.84. The molecule has 1 aromatic rings. The lowest BCUT2D eigenvalue weighted by Gasteiger charge is -2.01. The number of aromatic nitrogens is 1. The predicted molar refractivity (Wildman–Crippen MR) is 50.8 cm³/mol.